The van der Waals surface area contributed by atoms with Gasteiger partial charge in [-0.05, 0) is 44.4 Å². The Kier molecular flexibility index (Phi) is 5.67. The molecule has 0 aromatic carbocycles. The first kappa shape index (κ1) is 17.1. The summed E-state index contributed by atoms with van der Waals surface area (Å²) in [6, 6.07) is 0.169. The molecule has 1 aromatic rings. The lowest BCUT2D eigenvalue weighted by Gasteiger charge is -2.29. The van der Waals surface area contributed by atoms with Crippen molar-refractivity contribution in [1.29, 1.82) is 0 Å². The van der Waals surface area contributed by atoms with Crippen LogP contribution in [-0.2, 0) is 7.05 Å². The maximum Gasteiger partial charge on any atom is 0.279 e. The minimum Gasteiger partial charge on any atom is -0.349 e. The van der Waals surface area contributed by atoms with Crippen LogP contribution >= 0.6 is 11.8 Å². The van der Waals surface area contributed by atoms with E-state index in [1.165, 1.54) is 11.1 Å². The number of thioether (sulfide) groups is 1. The Morgan fingerprint density at radius 2 is 2.14 bits per heavy atom. The van der Waals surface area contributed by atoms with Crippen LogP contribution in [0.2, 0.25) is 0 Å². The lowest BCUT2D eigenvalue weighted by molar-refractivity contribution is 0.0925. The Bertz CT molecular complexity index is 610. The average molecular weight is 323 g/mol. The largest absolute Gasteiger partial charge is 0.349 e. The highest BCUT2D eigenvalue weighted by Crippen LogP contribution is 2.28. The summed E-state index contributed by atoms with van der Waals surface area (Å²) in [5, 5.41) is 7.80. The first-order valence-corrected chi connectivity index (χ1v) is 8.95. The number of carbonyl (C=O) groups is 1. The van der Waals surface area contributed by atoms with E-state index in [2.05, 4.69) is 17.3 Å². The van der Waals surface area contributed by atoms with Gasteiger partial charge in [0.15, 0.2) is 0 Å². The second kappa shape index (κ2) is 7.31. The van der Waals surface area contributed by atoms with Gasteiger partial charge in [0.25, 0.3) is 11.5 Å². The minimum atomic E-state index is -0.323. The Morgan fingerprint density at radius 1 is 1.41 bits per heavy atom. The van der Waals surface area contributed by atoms with Crippen molar-refractivity contribution in [2.75, 3.05) is 5.75 Å². The monoisotopic (exact) mass is 323 g/mol. The fourth-order valence-corrected chi connectivity index (χ4v) is 4.21. The number of hydrogen-bond acceptors (Lipinski definition) is 4. The number of carbonyl (C=O) groups excluding carboxylic acids is 1. The molecular formula is C16H25N3O2S. The van der Waals surface area contributed by atoms with Gasteiger partial charge < -0.3 is 5.32 Å². The molecule has 0 spiro atoms. The zero-order chi connectivity index (χ0) is 16.3. The molecule has 5 nitrogen and oxygen atoms in total. The van der Waals surface area contributed by atoms with Crippen LogP contribution in [0.5, 0.6) is 0 Å². The second-order valence-electron chi connectivity index (χ2n) is 5.93. The molecule has 0 radical (unpaired) electrons. The number of nitrogens with one attached hydrogen (secondary N) is 1. The number of aryl methyl sites for hydroxylation is 2. The number of nitrogens with zero attached hydrogens (tertiary/aromatic N) is 2. The van der Waals surface area contributed by atoms with Crippen molar-refractivity contribution in [1.82, 2.24) is 15.1 Å². The van der Waals surface area contributed by atoms with Gasteiger partial charge in [-0.15, -0.1) is 0 Å². The van der Waals surface area contributed by atoms with Crippen LogP contribution < -0.4 is 10.9 Å². The third-order valence-corrected chi connectivity index (χ3v) is 5.55. The molecule has 1 heterocycles. The van der Waals surface area contributed by atoms with Crippen LogP contribution in [0.1, 0.15) is 54.2 Å². The summed E-state index contributed by atoms with van der Waals surface area (Å²) >= 11 is 1.96. The molecule has 0 unspecified atom stereocenters. The van der Waals surface area contributed by atoms with E-state index in [-0.39, 0.29) is 23.1 Å². The van der Waals surface area contributed by atoms with E-state index in [0.29, 0.717) is 10.8 Å². The first-order valence-electron chi connectivity index (χ1n) is 7.91. The van der Waals surface area contributed by atoms with E-state index >= 15 is 0 Å². The molecule has 6 heteroatoms. The smallest absolute Gasteiger partial charge is 0.279 e. The maximum absolute atomic E-state index is 12.6. The molecule has 0 bridgehead atoms. The average Bonchev–Trinajstić information content (AvgIpc) is 2.46. The molecule has 2 rings (SSSR count). The maximum atomic E-state index is 12.6. The predicted octanol–water partition coefficient (Wildman–Crippen LogP) is 2.19. The predicted molar refractivity (Wildman–Crippen MR) is 90.6 cm³/mol. The zero-order valence-electron chi connectivity index (χ0n) is 13.8. The zero-order valence-corrected chi connectivity index (χ0v) is 14.6. The molecular weight excluding hydrogens is 298 g/mol. The van der Waals surface area contributed by atoms with Crippen LogP contribution in [0.15, 0.2) is 4.79 Å². The van der Waals surface area contributed by atoms with Crippen molar-refractivity contribution < 1.29 is 4.79 Å². The summed E-state index contributed by atoms with van der Waals surface area (Å²) < 4.78 is 1.24. The van der Waals surface area contributed by atoms with Gasteiger partial charge in [0.05, 0.1) is 5.69 Å². The van der Waals surface area contributed by atoms with Gasteiger partial charge in [0.2, 0.25) is 0 Å². The molecule has 2 atom stereocenters. The summed E-state index contributed by atoms with van der Waals surface area (Å²) in [6.07, 6.45) is 4.35. The fraction of sp³-hybridized carbons (Fsp3) is 0.688. The van der Waals surface area contributed by atoms with Crippen LogP contribution in [0.3, 0.4) is 0 Å². The van der Waals surface area contributed by atoms with Crippen LogP contribution in [-0.4, -0.2) is 32.7 Å². The van der Waals surface area contributed by atoms with Crippen molar-refractivity contribution in [2.45, 2.75) is 57.7 Å². The number of amides is 1. The first-order chi connectivity index (χ1) is 10.4. The standard InChI is InChI=1S/C16H25N3O2S/c1-5-22-13-8-6-7-12(9-13)17-15(20)14-10(2)11(3)18-19(4)16(14)21/h12-13H,5-9H2,1-4H3,(H,17,20)/t12-,13+/m0/s1. The molecule has 1 amide bonds. The Balaban J connectivity index is 2.14. The molecule has 1 aliphatic carbocycles. The molecule has 0 aliphatic heterocycles. The Labute approximate surface area is 135 Å². The van der Waals surface area contributed by atoms with Gasteiger partial charge in [-0.2, -0.15) is 16.9 Å². The highest BCUT2D eigenvalue weighted by Gasteiger charge is 2.25. The van der Waals surface area contributed by atoms with E-state index in [1.54, 1.807) is 14.0 Å². The number of aromatic nitrogens is 2. The molecule has 1 saturated carbocycles. The van der Waals surface area contributed by atoms with Gasteiger partial charge >= 0.3 is 0 Å². The van der Waals surface area contributed by atoms with Crippen molar-refractivity contribution in [3.63, 3.8) is 0 Å². The number of rotatable bonds is 4. The summed E-state index contributed by atoms with van der Waals surface area (Å²) in [6.45, 7) is 5.77. The summed E-state index contributed by atoms with van der Waals surface area (Å²) in [5.41, 5.74) is 1.31. The molecule has 1 fully saturated rings. The lowest BCUT2D eigenvalue weighted by Crippen LogP contribution is -2.42. The van der Waals surface area contributed by atoms with Crippen LogP contribution in [0.25, 0.3) is 0 Å². The van der Waals surface area contributed by atoms with Crippen molar-refractivity contribution in [2.24, 2.45) is 7.05 Å². The SMILES string of the molecule is CCS[C@@H]1CCC[C@H](NC(=O)c2c(C)c(C)nn(C)c2=O)C1. The fourth-order valence-electron chi connectivity index (χ4n) is 3.04. The molecule has 122 valence electrons. The van der Waals surface area contributed by atoms with Gasteiger partial charge in [0.1, 0.15) is 5.56 Å². The molecule has 0 saturated heterocycles. The van der Waals surface area contributed by atoms with Crippen LogP contribution in [0, 0.1) is 13.8 Å². The van der Waals surface area contributed by atoms with E-state index in [9.17, 15) is 9.59 Å². The molecule has 1 N–H and O–H groups in total. The lowest BCUT2D eigenvalue weighted by atomic mass is 9.94. The minimum absolute atomic E-state index is 0.169. The molecule has 22 heavy (non-hydrogen) atoms. The summed E-state index contributed by atoms with van der Waals surface area (Å²) in [4.78, 5) is 24.8. The highest BCUT2D eigenvalue weighted by atomic mass is 32.2. The van der Waals surface area contributed by atoms with E-state index in [0.717, 1.165) is 30.7 Å². The highest BCUT2D eigenvalue weighted by molar-refractivity contribution is 7.99. The third kappa shape index (κ3) is 3.72. The summed E-state index contributed by atoms with van der Waals surface area (Å²) in [5.74, 6) is 0.852. The topological polar surface area (TPSA) is 64.0 Å². The van der Waals surface area contributed by atoms with Crippen molar-refractivity contribution >= 4 is 17.7 Å². The second-order valence-corrected chi connectivity index (χ2v) is 7.51. The van der Waals surface area contributed by atoms with E-state index in [1.807, 2.05) is 18.7 Å². The molecule has 1 aliphatic rings. The Hall–Kier alpha value is -1.30. The van der Waals surface area contributed by atoms with Crippen molar-refractivity contribution in [3.8, 4) is 0 Å². The van der Waals surface area contributed by atoms with Gasteiger partial charge in [-0.3, -0.25) is 9.59 Å². The van der Waals surface area contributed by atoms with Crippen molar-refractivity contribution in [3.05, 3.63) is 27.2 Å². The molecule has 1 aromatic heterocycles. The summed E-state index contributed by atoms with van der Waals surface area (Å²) in [7, 11) is 1.58. The van der Waals surface area contributed by atoms with Gasteiger partial charge in [-0.1, -0.05) is 13.3 Å². The van der Waals surface area contributed by atoms with E-state index < -0.39 is 0 Å². The Morgan fingerprint density at radius 3 is 2.82 bits per heavy atom. The quantitative estimate of drug-likeness (QED) is 0.922. The van der Waals surface area contributed by atoms with Gasteiger partial charge in [0, 0.05) is 18.3 Å². The number of hydrogen-bond donors (Lipinski definition) is 1. The van der Waals surface area contributed by atoms with Crippen LogP contribution in [0.4, 0.5) is 0 Å². The normalized spacial score (nSPS) is 21.6. The third-order valence-electron chi connectivity index (χ3n) is 4.32. The van der Waals surface area contributed by atoms with Gasteiger partial charge in [-0.25, -0.2) is 4.68 Å². The van der Waals surface area contributed by atoms with E-state index in [4.69, 9.17) is 0 Å².